The molecule has 0 fully saturated rings. The monoisotopic (exact) mass is 403 g/mol. The van der Waals surface area contributed by atoms with E-state index >= 15 is 0 Å². The molecule has 1 aromatic heterocycles. The van der Waals surface area contributed by atoms with Gasteiger partial charge in [-0.25, -0.2) is 0 Å². The molecule has 1 aliphatic heterocycles. The predicted octanol–water partition coefficient (Wildman–Crippen LogP) is 2.26. The molecular formula is C19H21N3O5S. The summed E-state index contributed by atoms with van der Waals surface area (Å²) in [5, 5.41) is 13.4. The van der Waals surface area contributed by atoms with Crippen molar-refractivity contribution < 1.29 is 19.4 Å². The van der Waals surface area contributed by atoms with Crippen LogP contribution in [0.5, 0.6) is 17.2 Å². The van der Waals surface area contributed by atoms with E-state index in [4.69, 9.17) is 9.47 Å². The lowest BCUT2D eigenvalue weighted by Crippen LogP contribution is -2.33. The number of nitrogens with one attached hydrogen (secondary N) is 1. The molecule has 1 aliphatic rings. The first-order valence-corrected chi connectivity index (χ1v) is 9.49. The number of fused-ring (bicyclic) bond motifs is 1. The minimum absolute atomic E-state index is 0.0696. The summed E-state index contributed by atoms with van der Waals surface area (Å²) < 4.78 is 12.1. The molecular weight excluding hydrogens is 382 g/mol. The highest BCUT2D eigenvalue weighted by Gasteiger charge is 2.33. The van der Waals surface area contributed by atoms with Crippen molar-refractivity contribution in [3.8, 4) is 17.2 Å². The predicted molar refractivity (Wildman–Crippen MR) is 107 cm³/mol. The fraction of sp³-hybridized carbons (Fsp3) is 0.316. The zero-order valence-electron chi connectivity index (χ0n) is 15.8. The molecule has 28 heavy (non-hydrogen) atoms. The number of aromatic nitrogens is 2. The number of phenols is 1. The van der Waals surface area contributed by atoms with Crippen LogP contribution in [0.1, 0.15) is 23.5 Å². The minimum atomic E-state index is -0.545. The second kappa shape index (κ2) is 7.97. The molecule has 0 radical (unpaired) electrons. The number of methoxy groups -OCH3 is 2. The average molecular weight is 403 g/mol. The van der Waals surface area contributed by atoms with Crippen molar-refractivity contribution in [2.24, 2.45) is 7.05 Å². The van der Waals surface area contributed by atoms with Gasteiger partial charge in [0, 0.05) is 25.1 Å². The Kier molecular flexibility index (Phi) is 5.64. The summed E-state index contributed by atoms with van der Waals surface area (Å²) in [5.74, 6) is 0.495. The number of nitrogens with zero attached hydrogens (tertiary/aromatic N) is 2. The number of phenolic OH excluding ortho intramolecular Hbond substituents is 1. The van der Waals surface area contributed by atoms with Crippen LogP contribution in [0.25, 0.3) is 0 Å². The largest absolute Gasteiger partial charge is 0.502 e. The normalized spacial score (nSPS) is 15.5. The van der Waals surface area contributed by atoms with Crippen LogP contribution in [-0.2, 0) is 11.8 Å². The fourth-order valence-corrected chi connectivity index (χ4v) is 3.90. The highest BCUT2D eigenvalue weighted by atomic mass is 32.2. The van der Waals surface area contributed by atoms with Crippen LogP contribution in [0.4, 0.5) is 5.82 Å². The van der Waals surface area contributed by atoms with Gasteiger partial charge in [-0.05, 0) is 17.7 Å². The summed E-state index contributed by atoms with van der Waals surface area (Å²) in [6.07, 6.45) is 1.78. The summed E-state index contributed by atoms with van der Waals surface area (Å²) >= 11 is 1.36. The Hall–Kier alpha value is -2.94. The van der Waals surface area contributed by atoms with Gasteiger partial charge in [0.05, 0.1) is 19.8 Å². The van der Waals surface area contributed by atoms with E-state index in [1.54, 1.807) is 29.8 Å². The number of aromatic hydroxyl groups is 1. The van der Waals surface area contributed by atoms with Crippen molar-refractivity contribution in [3.05, 3.63) is 46.3 Å². The van der Waals surface area contributed by atoms with Crippen molar-refractivity contribution >= 4 is 23.5 Å². The molecule has 1 aromatic carbocycles. The third kappa shape index (κ3) is 3.45. The number of hydrogen-bond donors (Lipinski definition) is 2. The van der Waals surface area contributed by atoms with Gasteiger partial charge in [-0.3, -0.25) is 9.59 Å². The Bertz CT molecular complexity index is 977. The molecule has 2 heterocycles. The minimum Gasteiger partial charge on any atom is -0.502 e. The molecule has 8 nitrogen and oxygen atoms in total. The zero-order valence-corrected chi connectivity index (χ0v) is 16.6. The van der Waals surface area contributed by atoms with Crippen molar-refractivity contribution in [3.63, 3.8) is 0 Å². The standard InChI is InChI=1S/C19H21N3O5S/c1-5-6-28-19-21-18(25)15-11(9-14(23)20-17(15)22(19)2)10-7-12(26-3)16(24)13(8-10)27-4/h5,7-8,11,24H,1,6,9H2,2-4H3,(H,20,23). The molecule has 1 amide bonds. The van der Waals surface area contributed by atoms with E-state index in [9.17, 15) is 14.7 Å². The Labute approximate surface area is 166 Å². The third-order valence-corrected chi connectivity index (χ3v) is 5.56. The lowest BCUT2D eigenvalue weighted by Gasteiger charge is -2.28. The van der Waals surface area contributed by atoms with Gasteiger partial charge in [0.15, 0.2) is 16.7 Å². The summed E-state index contributed by atoms with van der Waals surface area (Å²) in [6.45, 7) is 3.67. The number of hydrogen-bond acceptors (Lipinski definition) is 7. The van der Waals surface area contributed by atoms with Gasteiger partial charge in [0.25, 0.3) is 5.56 Å². The van der Waals surface area contributed by atoms with Crippen LogP contribution in [0.2, 0.25) is 0 Å². The van der Waals surface area contributed by atoms with Gasteiger partial charge in [0.2, 0.25) is 11.7 Å². The topological polar surface area (TPSA) is 103 Å². The Morgan fingerprint density at radius 1 is 1.36 bits per heavy atom. The fourth-order valence-electron chi connectivity index (χ4n) is 3.20. The number of rotatable bonds is 6. The number of carbonyl (C=O) groups excluding carboxylic acids is 1. The first-order chi connectivity index (χ1) is 13.4. The molecule has 0 aliphatic carbocycles. The van der Waals surface area contributed by atoms with Crippen molar-refractivity contribution in [2.75, 3.05) is 25.3 Å². The molecule has 1 unspecified atom stereocenters. The molecule has 148 valence electrons. The second-order valence-electron chi connectivity index (χ2n) is 6.20. The lowest BCUT2D eigenvalue weighted by molar-refractivity contribution is -0.116. The maximum absolute atomic E-state index is 12.8. The van der Waals surface area contributed by atoms with Gasteiger partial charge in [-0.2, -0.15) is 4.98 Å². The molecule has 1 atom stereocenters. The van der Waals surface area contributed by atoms with Gasteiger partial charge >= 0.3 is 0 Å². The van der Waals surface area contributed by atoms with Crippen LogP contribution >= 0.6 is 11.8 Å². The lowest BCUT2D eigenvalue weighted by atomic mass is 9.86. The van der Waals surface area contributed by atoms with Crippen molar-refractivity contribution in [1.82, 2.24) is 9.55 Å². The summed E-state index contributed by atoms with van der Waals surface area (Å²) in [5.41, 5.74) is 0.600. The molecule has 0 spiro atoms. The van der Waals surface area contributed by atoms with Crippen LogP contribution in [0.3, 0.4) is 0 Å². The molecule has 0 saturated heterocycles. The number of carbonyl (C=O) groups is 1. The molecule has 0 saturated carbocycles. The highest BCUT2D eigenvalue weighted by molar-refractivity contribution is 7.99. The maximum atomic E-state index is 12.8. The van der Waals surface area contributed by atoms with E-state index in [1.807, 2.05) is 0 Å². The molecule has 0 bridgehead atoms. The van der Waals surface area contributed by atoms with Crippen LogP contribution < -0.4 is 20.3 Å². The first kappa shape index (κ1) is 19.8. The average Bonchev–Trinajstić information content (AvgIpc) is 2.69. The number of thioether (sulfide) groups is 1. The Morgan fingerprint density at radius 2 is 2.00 bits per heavy atom. The molecule has 3 rings (SSSR count). The van der Waals surface area contributed by atoms with Gasteiger partial charge in [-0.1, -0.05) is 17.8 Å². The molecule has 2 N–H and O–H groups in total. The summed E-state index contributed by atoms with van der Waals surface area (Å²) in [7, 11) is 4.59. The molecule has 9 heteroatoms. The van der Waals surface area contributed by atoms with Gasteiger partial charge < -0.3 is 24.5 Å². The van der Waals surface area contributed by atoms with Gasteiger partial charge in [0.1, 0.15) is 5.82 Å². The van der Waals surface area contributed by atoms with Crippen molar-refractivity contribution in [1.29, 1.82) is 0 Å². The smallest absolute Gasteiger partial charge is 0.279 e. The zero-order chi connectivity index (χ0) is 20.4. The van der Waals surface area contributed by atoms with E-state index in [1.165, 1.54) is 26.0 Å². The maximum Gasteiger partial charge on any atom is 0.279 e. The van der Waals surface area contributed by atoms with E-state index in [0.717, 1.165) is 0 Å². The SMILES string of the molecule is C=CCSc1nc(=O)c2c(n1C)NC(=O)CC2c1cc(OC)c(O)c(OC)c1. The third-order valence-electron chi connectivity index (χ3n) is 4.54. The van der Waals surface area contributed by atoms with E-state index < -0.39 is 11.5 Å². The second-order valence-corrected chi connectivity index (χ2v) is 7.19. The van der Waals surface area contributed by atoms with Crippen LogP contribution in [0, 0.1) is 0 Å². The number of ether oxygens (including phenoxy) is 2. The number of amides is 1. The number of benzene rings is 1. The Balaban J connectivity index is 2.19. The van der Waals surface area contributed by atoms with E-state index in [-0.39, 0.29) is 29.6 Å². The van der Waals surface area contributed by atoms with Crippen molar-refractivity contribution in [2.45, 2.75) is 17.5 Å². The molecule has 2 aromatic rings. The first-order valence-electron chi connectivity index (χ1n) is 8.50. The highest BCUT2D eigenvalue weighted by Crippen LogP contribution is 2.43. The van der Waals surface area contributed by atoms with Crippen LogP contribution in [-0.4, -0.2) is 40.5 Å². The Morgan fingerprint density at radius 3 is 2.57 bits per heavy atom. The van der Waals surface area contributed by atoms with Crippen LogP contribution in [0.15, 0.2) is 34.7 Å². The summed E-state index contributed by atoms with van der Waals surface area (Å²) in [6, 6.07) is 3.20. The van der Waals surface area contributed by atoms with E-state index in [0.29, 0.717) is 27.9 Å². The van der Waals surface area contributed by atoms with E-state index in [2.05, 4.69) is 16.9 Å². The summed E-state index contributed by atoms with van der Waals surface area (Å²) in [4.78, 5) is 29.4. The van der Waals surface area contributed by atoms with Gasteiger partial charge in [-0.15, -0.1) is 6.58 Å². The quantitative estimate of drug-likeness (QED) is 0.433. The number of anilines is 1.